The Morgan fingerprint density at radius 1 is 1.78 bits per heavy atom. The Hall–Kier alpha value is -0.640. The van der Waals surface area contributed by atoms with Gasteiger partial charge >= 0.3 is 5.72 Å². The lowest BCUT2D eigenvalue weighted by Crippen LogP contribution is -2.33. The van der Waals surface area contributed by atoms with Crippen molar-refractivity contribution in [3.8, 4) is 0 Å². The summed E-state index contributed by atoms with van der Waals surface area (Å²) in [5, 5.41) is 18.9. The summed E-state index contributed by atoms with van der Waals surface area (Å²) in [7, 11) is 0. The van der Waals surface area contributed by atoms with Gasteiger partial charge < -0.3 is 5.11 Å². The molecule has 0 bridgehead atoms. The van der Waals surface area contributed by atoms with Gasteiger partial charge in [0.2, 0.25) is 0 Å². The molecule has 4 nitrogen and oxygen atoms in total. The van der Waals surface area contributed by atoms with Crippen molar-refractivity contribution in [1.29, 1.82) is 0 Å². The number of hydrogen-bond donors (Lipinski definition) is 1. The predicted molar refractivity (Wildman–Crippen MR) is 32.5 cm³/mol. The van der Waals surface area contributed by atoms with E-state index in [0.717, 1.165) is 0 Å². The lowest BCUT2D eigenvalue weighted by Gasteiger charge is -2.11. The molecule has 4 heteroatoms. The minimum Gasteiger partial charge on any atom is -0.331 e. The molecule has 54 valence electrons. The fourth-order valence-corrected chi connectivity index (χ4v) is 0.565. The van der Waals surface area contributed by atoms with Gasteiger partial charge in [0.1, 0.15) is 0 Å². The van der Waals surface area contributed by atoms with Crippen molar-refractivity contribution in [2.75, 3.05) is 0 Å². The molecule has 0 fully saturated rings. The Morgan fingerprint density at radius 2 is 2.22 bits per heavy atom. The third-order valence-corrected chi connectivity index (χ3v) is 1.12. The molecule has 0 aromatic carbocycles. The van der Waals surface area contributed by atoms with E-state index in [9.17, 15) is 10.1 Å². The second-order valence-electron chi connectivity index (χ2n) is 2.22. The van der Waals surface area contributed by atoms with Gasteiger partial charge in [0, 0.05) is 13.3 Å². The minimum atomic E-state index is -1.73. The summed E-state index contributed by atoms with van der Waals surface area (Å²) >= 11 is 0. The third kappa shape index (κ3) is 2.41. The number of rotatable bonds is 3. The van der Waals surface area contributed by atoms with Crippen LogP contribution in [0.15, 0.2) is 0 Å². The molecule has 0 radical (unpaired) electrons. The third-order valence-electron chi connectivity index (χ3n) is 1.12. The summed E-state index contributed by atoms with van der Waals surface area (Å²) in [6.45, 7) is 2.99. The first-order valence-corrected chi connectivity index (χ1v) is 2.87. The molecule has 1 atom stereocenters. The van der Waals surface area contributed by atoms with Gasteiger partial charge in [-0.25, -0.2) is 0 Å². The fraction of sp³-hybridized carbons (Fsp3) is 1.00. The van der Waals surface area contributed by atoms with Crippen LogP contribution in [0.1, 0.15) is 26.7 Å². The van der Waals surface area contributed by atoms with E-state index in [4.69, 9.17) is 5.11 Å². The molecule has 0 spiro atoms. The molecule has 0 saturated carbocycles. The van der Waals surface area contributed by atoms with Crippen LogP contribution in [0.2, 0.25) is 0 Å². The van der Waals surface area contributed by atoms with Crippen LogP contribution in [0, 0.1) is 10.1 Å². The maximum atomic E-state index is 9.97. The fourth-order valence-electron chi connectivity index (χ4n) is 0.565. The first-order valence-electron chi connectivity index (χ1n) is 2.87. The molecule has 0 aliphatic rings. The van der Waals surface area contributed by atoms with E-state index in [1.165, 1.54) is 6.92 Å². The smallest absolute Gasteiger partial charge is 0.319 e. The quantitative estimate of drug-likeness (QED) is 0.351. The van der Waals surface area contributed by atoms with Gasteiger partial charge in [-0.1, -0.05) is 6.92 Å². The summed E-state index contributed by atoms with van der Waals surface area (Å²) in [4.78, 5) is 9.30. The maximum absolute atomic E-state index is 9.97. The standard InChI is InChI=1S/C5H11NO3/c1-3-4-5(2,7)6(8)9/h7H,3-4H2,1-2H3. The van der Waals surface area contributed by atoms with Gasteiger partial charge in [0.25, 0.3) is 0 Å². The van der Waals surface area contributed by atoms with Gasteiger partial charge in [0.05, 0.1) is 4.92 Å². The van der Waals surface area contributed by atoms with Crippen LogP contribution in [-0.4, -0.2) is 15.8 Å². The number of nitrogens with zero attached hydrogens (tertiary/aromatic N) is 1. The molecule has 1 unspecified atom stereocenters. The average molecular weight is 133 g/mol. The van der Waals surface area contributed by atoms with Gasteiger partial charge in [0.15, 0.2) is 0 Å². The zero-order valence-corrected chi connectivity index (χ0v) is 5.63. The lowest BCUT2D eigenvalue weighted by molar-refractivity contribution is -0.620. The number of nitro groups is 1. The van der Waals surface area contributed by atoms with Gasteiger partial charge in [-0.2, -0.15) is 0 Å². The highest BCUT2D eigenvalue weighted by Gasteiger charge is 2.31. The van der Waals surface area contributed by atoms with Crippen LogP contribution >= 0.6 is 0 Å². The van der Waals surface area contributed by atoms with Gasteiger partial charge in [-0.15, -0.1) is 0 Å². The summed E-state index contributed by atoms with van der Waals surface area (Å²) in [6.07, 6.45) is 0.827. The first kappa shape index (κ1) is 8.36. The number of aliphatic hydroxyl groups is 1. The van der Waals surface area contributed by atoms with Crippen molar-refractivity contribution in [3.63, 3.8) is 0 Å². The highest BCUT2D eigenvalue weighted by molar-refractivity contribution is 4.55. The summed E-state index contributed by atoms with van der Waals surface area (Å²) in [6, 6.07) is 0. The van der Waals surface area contributed by atoms with Crippen LogP contribution in [0.3, 0.4) is 0 Å². The Balaban J connectivity index is 3.85. The molecule has 9 heavy (non-hydrogen) atoms. The van der Waals surface area contributed by atoms with E-state index in [1.807, 2.05) is 0 Å². The first-order chi connectivity index (χ1) is 4.00. The van der Waals surface area contributed by atoms with Crippen molar-refractivity contribution in [1.82, 2.24) is 0 Å². The van der Waals surface area contributed by atoms with Crippen LogP contribution in [0.5, 0.6) is 0 Å². The molecule has 0 aliphatic heterocycles. The molecule has 0 heterocycles. The highest BCUT2D eigenvalue weighted by Crippen LogP contribution is 2.10. The van der Waals surface area contributed by atoms with Crippen molar-refractivity contribution in [3.05, 3.63) is 10.1 Å². The topological polar surface area (TPSA) is 63.4 Å². The van der Waals surface area contributed by atoms with Crippen molar-refractivity contribution in [2.45, 2.75) is 32.4 Å². The average Bonchev–Trinajstić information content (AvgIpc) is 1.65. The Morgan fingerprint density at radius 3 is 2.33 bits per heavy atom. The largest absolute Gasteiger partial charge is 0.331 e. The molecule has 0 rings (SSSR count). The SMILES string of the molecule is CCCC(C)(O)[N+](=O)[O-]. The summed E-state index contributed by atoms with van der Waals surface area (Å²) in [5.41, 5.74) is -1.73. The Labute approximate surface area is 53.6 Å². The van der Waals surface area contributed by atoms with E-state index in [2.05, 4.69) is 0 Å². The normalized spacial score (nSPS) is 16.8. The van der Waals surface area contributed by atoms with E-state index in [0.29, 0.717) is 6.42 Å². The molecule has 1 N–H and O–H groups in total. The monoisotopic (exact) mass is 133 g/mol. The molecule has 0 aromatic rings. The van der Waals surface area contributed by atoms with Crippen LogP contribution in [0.25, 0.3) is 0 Å². The van der Waals surface area contributed by atoms with Crippen LogP contribution in [-0.2, 0) is 0 Å². The zero-order chi connectivity index (χ0) is 7.49. The maximum Gasteiger partial charge on any atom is 0.319 e. The summed E-state index contributed by atoms with van der Waals surface area (Å²) < 4.78 is 0. The Kier molecular flexibility index (Phi) is 2.58. The van der Waals surface area contributed by atoms with Crippen LogP contribution < -0.4 is 0 Å². The van der Waals surface area contributed by atoms with E-state index < -0.39 is 10.6 Å². The molecule has 0 aromatic heterocycles. The molecule has 0 amide bonds. The predicted octanol–water partition coefficient (Wildman–Crippen LogP) is 0.772. The molecular weight excluding hydrogens is 122 g/mol. The summed E-state index contributed by atoms with van der Waals surface area (Å²) in [5.74, 6) is 0. The second-order valence-corrected chi connectivity index (χ2v) is 2.22. The number of hydrogen-bond acceptors (Lipinski definition) is 3. The van der Waals surface area contributed by atoms with Crippen LogP contribution in [0.4, 0.5) is 0 Å². The second kappa shape index (κ2) is 2.77. The van der Waals surface area contributed by atoms with E-state index >= 15 is 0 Å². The minimum absolute atomic E-state index is 0.208. The van der Waals surface area contributed by atoms with Crippen molar-refractivity contribution < 1.29 is 10.0 Å². The zero-order valence-electron chi connectivity index (χ0n) is 5.63. The molecule has 0 saturated heterocycles. The molecule has 0 aliphatic carbocycles. The molecular formula is C5H11NO3. The van der Waals surface area contributed by atoms with E-state index in [-0.39, 0.29) is 6.42 Å². The van der Waals surface area contributed by atoms with Crippen molar-refractivity contribution in [2.24, 2.45) is 0 Å². The lowest BCUT2D eigenvalue weighted by atomic mass is 10.1. The van der Waals surface area contributed by atoms with Gasteiger partial charge in [-0.3, -0.25) is 10.1 Å². The Bertz CT molecular complexity index is 111. The van der Waals surface area contributed by atoms with Crippen molar-refractivity contribution >= 4 is 0 Å². The van der Waals surface area contributed by atoms with E-state index in [1.54, 1.807) is 6.92 Å². The van der Waals surface area contributed by atoms with Gasteiger partial charge in [-0.05, 0) is 6.42 Å². The highest BCUT2D eigenvalue weighted by atomic mass is 16.7.